The number of nitrogens with zero attached hydrogens (tertiary/aromatic N) is 1. The van der Waals surface area contributed by atoms with Gasteiger partial charge in [0, 0.05) is 13.0 Å². The average Bonchev–Trinajstić information content (AvgIpc) is 2.56. The van der Waals surface area contributed by atoms with E-state index in [1.165, 1.54) is 31.1 Å². The molecule has 124 valence electrons. The van der Waals surface area contributed by atoms with Gasteiger partial charge < -0.3 is 15.0 Å². The molecular weight excluding hydrogens is 292 g/mol. The van der Waals surface area contributed by atoms with Crippen molar-refractivity contribution in [3.8, 4) is 0 Å². The Morgan fingerprint density at radius 2 is 2.00 bits per heavy atom. The van der Waals surface area contributed by atoms with Gasteiger partial charge in [0.15, 0.2) is 0 Å². The number of carbonyl (C=O) groups is 2. The number of esters is 1. The van der Waals surface area contributed by atoms with E-state index < -0.39 is 0 Å². The van der Waals surface area contributed by atoms with Gasteiger partial charge in [-0.1, -0.05) is 0 Å². The van der Waals surface area contributed by atoms with E-state index in [4.69, 9.17) is 0 Å². The smallest absolute Gasteiger partial charge is 0.305 e. The van der Waals surface area contributed by atoms with E-state index >= 15 is 0 Å². The van der Waals surface area contributed by atoms with Gasteiger partial charge in [0.25, 0.3) is 0 Å². The normalized spacial score (nSPS) is 19.7. The third-order valence-electron chi connectivity index (χ3n) is 4.75. The highest BCUT2D eigenvalue weighted by Crippen LogP contribution is 2.37. The minimum absolute atomic E-state index is 0.0677. The van der Waals surface area contributed by atoms with Gasteiger partial charge in [0.05, 0.1) is 18.5 Å². The van der Waals surface area contributed by atoms with E-state index in [2.05, 4.69) is 22.2 Å². The molecule has 0 radical (unpaired) electrons. The van der Waals surface area contributed by atoms with E-state index in [0.717, 1.165) is 24.2 Å². The molecule has 0 saturated heterocycles. The lowest BCUT2D eigenvalue weighted by molar-refractivity contribution is -0.140. The van der Waals surface area contributed by atoms with Crippen LogP contribution in [-0.4, -0.2) is 31.6 Å². The zero-order valence-corrected chi connectivity index (χ0v) is 13.9. The van der Waals surface area contributed by atoms with Crippen LogP contribution >= 0.6 is 0 Å². The summed E-state index contributed by atoms with van der Waals surface area (Å²) in [7, 11) is 1.39. The average molecular weight is 316 g/mol. The second kappa shape index (κ2) is 6.60. The molecule has 0 saturated carbocycles. The van der Waals surface area contributed by atoms with Crippen molar-refractivity contribution in [3.05, 3.63) is 23.3 Å². The molecule has 5 nitrogen and oxygen atoms in total. The molecule has 0 aromatic heterocycles. The standard InChI is InChI=1S/C18H24N2O3/c1-12-18(22)20(9-5-8-17(21)23-2)16-11-14-7-4-3-6-13(14)10-15(16)19-12/h10-12,19H,3-9H2,1-2H3. The second-order valence-corrected chi connectivity index (χ2v) is 6.38. The van der Waals surface area contributed by atoms with Gasteiger partial charge in [-0.3, -0.25) is 9.59 Å². The number of anilines is 2. The van der Waals surface area contributed by atoms with Crippen molar-refractivity contribution < 1.29 is 14.3 Å². The fourth-order valence-corrected chi connectivity index (χ4v) is 3.47. The molecule has 1 amide bonds. The number of benzene rings is 1. The Morgan fingerprint density at radius 3 is 2.70 bits per heavy atom. The summed E-state index contributed by atoms with van der Waals surface area (Å²) in [6.07, 6.45) is 5.61. The van der Waals surface area contributed by atoms with Gasteiger partial charge in [-0.25, -0.2) is 0 Å². The Labute approximate surface area is 137 Å². The third-order valence-corrected chi connectivity index (χ3v) is 4.75. The lowest BCUT2D eigenvalue weighted by Gasteiger charge is -2.35. The molecule has 0 spiro atoms. The maximum atomic E-state index is 12.5. The number of aryl methyl sites for hydroxylation is 2. The van der Waals surface area contributed by atoms with Crippen molar-refractivity contribution in [3.63, 3.8) is 0 Å². The van der Waals surface area contributed by atoms with Crippen LogP contribution in [0.5, 0.6) is 0 Å². The van der Waals surface area contributed by atoms with Crippen LogP contribution < -0.4 is 10.2 Å². The maximum absolute atomic E-state index is 12.5. The van der Waals surface area contributed by atoms with Gasteiger partial charge in [-0.05, 0) is 62.3 Å². The fourth-order valence-electron chi connectivity index (χ4n) is 3.47. The topological polar surface area (TPSA) is 58.6 Å². The number of rotatable bonds is 4. The Hall–Kier alpha value is -2.04. The molecule has 1 aromatic rings. The maximum Gasteiger partial charge on any atom is 0.305 e. The van der Waals surface area contributed by atoms with Crippen molar-refractivity contribution in [1.29, 1.82) is 0 Å². The molecule has 1 heterocycles. The van der Waals surface area contributed by atoms with Crippen LogP contribution in [0.1, 0.15) is 43.7 Å². The van der Waals surface area contributed by atoms with Crippen molar-refractivity contribution >= 4 is 23.3 Å². The minimum atomic E-state index is -0.234. The van der Waals surface area contributed by atoms with Gasteiger partial charge in [-0.2, -0.15) is 0 Å². The fraction of sp³-hybridized carbons (Fsp3) is 0.556. The number of methoxy groups -OCH3 is 1. The van der Waals surface area contributed by atoms with Crippen molar-refractivity contribution in [2.75, 3.05) is 23.9 Å². The minimum Gasteiger partial charge on any atom is -0.469 e. The lowest BCUT2D eigenvalue weighted by atomic mass is 9.90. The van der Waals surface area contributed by atoms with E-state index in [9.17, 15) is 9.59 Å². The molecule has 1 unspecified atom stereocenters. The second-order valence-electron chi connectivity index (χ2n) is 6.38. The molecule has 3 rings (SSSR count). The van der Waals surface area contributed by atoms with Gasteiger partial charge in [0.2, 0.25) is 5.91 Å². The number of amides is 1. The molecular formula is C18H24N2O3. The van der Waals surface area contributed by atoms with Gasteiger partial charge in [-0.15, -0.1) is 0 Å². The van der Waals surface area contributed by atoms with Crippen LogP contribution in [0.15, 0.2) is 12.1 Å². The van der Waals surface area contributed by atoms with Crippen LogP contribution in [0.25, 0.3) is 0 Å². The molecule has 0 fully saturated rings. The first-order chi connectivity index (χ1) is 11.1. The Balaban J connectivity index is 1.84. The van der Waals surface area contributed by atoms with Crippen LogP contribution in [0.4, 0.5) is 11.4 Å². The van der Waals surface area contributed by atoms with E-state index in [0.29, 0.717) is 19.4 Å². The summed E-state index contributed by atoms with van der Waals surface area (Å²) < 4.78 is 4.68. The number of nitrogens with one attached hydrogen (secondary N) is 1. The lowest BCUT2D eigenvalue weighted by Crippen LogP contribution is -2.46. The summed E-state index contributed by atoms with van der Waals surface area (Å²) in [5.74, 6) is -0.163. The molecule has 1 aromatic carbocycles. The summed E-state index contributed by atoms with van der Waals surface area (Å²) in [5, 5.41) is 3.32. The molecule has 23 heavy (non-hydrogen) atoms. The number of carbonyl (C=O) groups excluding carboxylic acids is 2. The number of hydrogen-bond acceptors (Lipinski definition) is 4. The number of hydrogen-bond donors (Lipinski definition) is 1. The summed E-state index contributed by atoms with van der Waals surface area (Å²) >= 11 is 0. The van der Waals surface area contributed by atoms with Crippen LogP contribution in [-0.2, 0) is 27.2 Å². The molecule has 5 heteroatoms. The Kier molecular flexibility index (Phi) is 4.55. The monoisotopic (exact) mass is 316 g/mol. The third kappa shape index (κ3) is 3.19. The quantitative estimate of drug-likeness (QED) is 0.868. The highest BCUT2D eigenvalue weighted by molar-refractivity contribution is 6.05. The first-order valence-electron chi connectivity index (χ1n) is 8.40. The predicted octanol–water partition coefficient (Wildman–Crippen LogP) is 2.67. The van der Waals surface area contributed by atoms with Crippen LogP contribution in [0, 0.1) is 0 Å². The summed E-state index contributed by atoms with van der Waals surface area (Å²) in [6.45, 7) is 2.43. The molecule has 1 N–H and O–H groups in total. The van der Waals surface area contributed by atoms with E-state index in [1.807, 2.05) is 11.8 Å². The summed E-state index contributed by atoms with van der Waals surface area (Å²) in [4.78, 5) is 25.7. The molecule has 1 aliphatic heterocycles. The predicted molar refractivity (Wildman–Crippen MR) is 89.8 cm³/mol. The van der Waals surface area contributed by atoms with Crippen LogP contribution in [0.3, 0.4) is 0 Å². The zero-order valence-electron chi connectivity index (χ0n) is 13.9. The van der Waals surface area contributed by atoms with E-state index in [1.54, 1.807) is 0 Å². The van der Waals surface area contributed by atoms with Crippen LogP contribution in [0.2, 0.25) is 0 Å². The Morgan fingerprint density at radius 1 is 1.30 bits per heavy atom. The molecule has 1 atom stereocenters. The first-order valence-corrected chi connectivity index (χ1v) is 8.40. The Bertz CT molecular complexity index is 627. The van der Waals surface area contributed by atoms with Gasteiger partial charge in [0.1, 0.15) is 6.04 Å². The van der Waals surface area contributed by atoms with E-state index in [-0.39, 0.29) is 17.9 Å². The highest BCUT2D eigenvalue weighted by Gasteiger charge is 2.30. The zero-order chi connectivity index (χ0) is 16.4. The largest absolute Gasteiger partial charge is 0.469 e. The first kappa shape index (κ1) is 15.8. The van der Waals surface area contributed by atoms with Crippen molar-refractivity contribution in [2.45, 2.75) is 51.5 Å². The van der Waals surface area contributed by atoms with Crippen molar-refractivity contribution in [2.24, 2.45) is 0 Å². The molecule has 0 bridgehead atoms. The van der Waals surface area contributed by atoms with Crippen molar-refractivity contribution in [1.82, 2.24) is 0 Å². The number of fused-ring (bicyclic) bond motifs is 2. The SMILES string of the molecule is COC(=O)CCCN1C(=O)C(C)Nc2cc3c(cc21)CCCC3. The number of ether oxygens (including phenoxy) is 1. The summed E-state index contributed by atoms with van der Waals surface area (Å²) in [6, 6.07) is 4.14. The van der Waals surface area contributed by atoms with Gasteiger partial charge >= 0.3 is 5.97 Å². The molecule has 2 aliphatic rings. The molecule has 1 aliphatic carbocycles. The highest BCUT2D eigenvalue weighted by atomic mass is 16.5. The summed E-state index contributed by atoms with van der Waals surface area (Å²) in [5.41, 5.74) is 4.75.